The predicted molar refractivity (Wildman–Crippen MR) is 72.2 cm³/mol. The molecule has 0 fully saturated rings. The molecule has 0 saturated heterocycles. The molecule has 17 heavy (non-hydrogen) atoms. The summed E-state index contributed by atoms with van der Waals surface area (Å²) >= 11 is 0. The van der Waals surface area contributed by atoms with E-state index in [0.29, 0.717) is 18.3 Å². The lowest BCUT2D eigenvalue weighted by atomic mass is 10.1. The number of rotatable bonds is 7. The number of nitrogens with two attached hydrogens (primary N) is 1. The van der Waals surface area contributed by atoms with Crippen LogP contribution in [-0.2, 0) is 4.74 Å². The predicted octanol–water partition coefficient (Wildman–Crippen LogP) is 2.31. The van der Waals surface area contributed by atoms with E-state index in [0.717, 1.165) is 25.2 Å². The van der Waals surface area contributed by atoms with Crippen molar-refractivity contribution in [2.75, 3.05) is 30.9 Å². The van der Waals surface area contributed by atoms with E-state index < -0.39 is 0 Å². The quantitative estimate of drug-likeness (QED) is 0.790. The number of pyridine rings is 1. The summed E-state index contributed by atoms with van der Waals surface area (Å²) in [5, 5.41) is 0. The molecule has 1 aromatic heterocycles. The van der Waals surface area contributed by atoms with Gasteiger partial charge in [-0.15, -0.1) is 0 Å². The minimum Gasteiger partial charge on any atom is -0.397 e. The summed E-state index contributed by atoms with van der Waals surface area (Å²) in [4.78, 5) is 6.69. The van der Waals surface area contributed by atoms with E-state index in [9.17, 15) is 0 Å². The summed E-state index contributed by atoms with van der Waals surface area (Å²) in [6.45, 7) is 5.97. The number of hydrogen-bond acceptors (Lipinski definition) is 4. The zero-order valence-corrected chi connectivity index (χ0v) is 11.0. The second-order valence-electron chi connectivity index (χ2n) is 4.11. The summed E-state index contributed by atoms with van der Waals surface area (Å²) in [6, 6.07) is 4.37. The lowest BCUT2D eigenvalue weighted by Gasteiger charge is -2.31. The smallest absolute Gasteiger partial charge is 0.128 e. The molecule has 0 amide bonds. The molecule has 0 atom stereocenters. The number of methoxy groups -OCH3 is 1. The zero-order chi connectivity index (χ0) is 12.7. The van der Waals surface area contributed by atoms with Gasteiger partial charge in [0.15, 0.2) is 0 Å². The van der Waals surface area contributed by atoms with Gasteiger partial charge in [0.1, 0.15) is 5.82 Å². The van der Waals surface area contributed by atoms with E-state index in [1.54, 1.807) is 13.3 Å². The summed E-state index contributed by atoms with van der Waals surface area (Å²) in [5.74, 6) is 0.977. The molecule has 0 bridgehead atoms. The van der Waals surface area contributed by atoms with Crippen LogP contribution in [-0.4, -0.2) is 31.3 Å². The lowest BCUT2D eigenvalue weighted by molar-refractivity contribution is 0.202. The third-order valence-electron chi connectivity index (χ3n) is 2.98. The topological polar surface area (TPSA) is 51.4 Å². The fraction of sp³-hybridized carbons (Fsp3) is 0.615. The van der Waals surface area contributed by atoms with Gasteiger partial charge in [-0.05, 0) is 25.0 Å². The van der Waals surface area contributed by atoms with Crippen LogP contribution in [0.25, 0.3) is 0 Å². The standard InChI is InChI=1S/C13H23N3O/c1-4-12(5-2)16(8-9-17-3)13-7-6-11(14)10-15-13/h6-7,10,12H,4-5,8-9,14H2,1-3H3. The van der Waals surface area contributed by atoms with Crippen molar-refractivity contribution in [3.8, 4) is 0 Å². The van der Waals surface area contributed by atoms with Crippen LogP contribution in [0.4, 0.5) is 11.5 Å². The van der Waals surface area contributed by atoms with Crippen molar-refractivity contribution in [2.24, 2.45) is 0 Å². The van der Waals surface area contributed by atoms with Crippen molar-refractivity contribution < 1.29 is 4.74 Å². The van der Waals surface area contributed by atoms with Gasteiger partial charge in [-0.3, -0.25) is 0 Å². The first-order chi connectivity index (χ1) is 8.22. The largest absolute Gasteiger partial charge is 0.397 e. The summed E-state index contributed by atoms with van der Waals surface area (Å²) < 4.78 is 5.16. The molecule has 2 N–H and O–H groups in total. The molecule has 0 aliphatic heterocycles. The van der Waals surface area contributed by atoms with Gasteiger partial charge in [0.2, 0.25) is 0 Å². The van der Waals surface area contributed by atoms with Gasteiger partial charge in [-0.2, -0.15) is 0 Å². The monoisotopic (exact) mass is 237 g/mol. The van der Waals surface area contributed by atoms with Gasteiger partial charge in [-0.25, -0.2) is 4.98 Å². The van der Waals surface area contributed by atoms with Gasteiger partial charge < -0.3 is 15.4 Å². The van der Waals surface area contributed by atoms with Crippen molar-refractivity contribution >= 4 is 11.5 Å². The third-order valence-corrected chi connectivity index (χ3v) is 2.98. The Balaban J connectivity index is 2.84. The average molecular weight is 237 g/mol. The maximum absolute atomic E-state index is 5.66. The molecule has 0 aliphatic carbocycles. The summed E-state index contributed by atoms with van der Waals surface area (Å²) in [5.41, 5.74) is 6.36. The molecule has 1 heterocycles. The maximum Gasteiger partial charge on any atom is 0.128 e. The normalized spacial score (nSPS) is 10.8. The van der Waals surface area contributed by atoms with Crippen LogP contribution in [0.15, 0.2) is 18.3 Å². The minimum absolute atomic E-state index is 0.501. The van der Waals surface area contributed by atoms with E-state index in [1.165, 1.54) is 0 Å². The van der Waals surface area contributed by atoms with Crippen molar-refractivity contribution in [2.45, 2.75) is 32.7 Å². The Kier molecular flexibility index (Phi) is 5.77. The average Bonchev–Trinajstić information content (AvgIpc) is 2.36. The number of ether oxygens (including phenoxy) is 1. The number of hydrogen-bond donors (Lipinski definition) is 1. The van der Waals surface area contributed by atoms with Crippen LogP contribution < -0.4 is 10.6 Å². The molecule has 0 spiro atoms. The Morgan fingerprint density at radius 3 is 2.53 bits per heavy atom. The van der Waals surface area contributed by atoms with Crippen LogP contribution in [0.1, 0.15) is 26.7 Å². The fourth-order valence-corrected chi connectivity index (χ4v) is 1.97. The lowest BCUT2D eigenvalue weighted by Crippen LogP contribution is -2.37. The second-order valence-corrected chi connectivity index (χ2v) is 4.11. The number of nitrogen functional groups attached to an aromatic ring is 1. The molecule has 0 aromatic carbocycles. The Morgan fingerprint density at radius 2 is 2.06 bits per heavy atom. The highest BCUT2D eigenvalue weighted by Gasteiger charge is 2.16. The van der Waals surface area contributed by atoms with Crippen LogP contribution >= 0.6 is 0 Å². The first-order valence-electron chi connectivity index (χ1n) is 6.20. The Morgan fingerprint density at radius 1 is 1.35 bits per heavy atom. The van der Waals surface area contributed by atoms with E-state index in [-0.39, 0.29) is 0 Å². The Labute approximate surface area is 104 Å². The van der Waals surface area contributed by atoms with Crippen molar-refractivity contribution in [1.82, 2.24) is 4.98 Å². The van der Waals surface area contributed by atoms with Crippen molar-refractivity contribution in [3.05, 3.63) is 18.3 Å². The highest BCUT2D eigenvalue weighted by Crippen LogP contribution is 2.18. The van der Waals surface area contributed by atoms with Crippen LogP contribution in [0.5, 0.6) is 0 Å². The van der Waals surface area contributed by atoms with E-state index >= 15 is 0 Å². The SMILES string of the molecule is CCC(CC)N(CCOC)c1ccc(N)cn1. The third kappa shape index (κ3) is 3.89. The fourth-order valence-electron chi connectivity index (χ4n) is 1.97. The van der Waals surface area contributed by atoms with Gasteiger partial charge >= 0.3 is 0 Å². The zero-order valence-electron chi connectivity index (χ0n) is 11.0. The highest BCUT2D eigenvalue weighted by molar-refractivity contribution is 5.46. The van der Waals surface area contributed by atoms with Gasteiger partial charge in [0.25, 0.3) is 0 Å². The van der Waals surface area contributed by atoms with Crippen molar-refractivity contribution in [1.29, 1.82) is 0 Å². The Bertz CT molecular complexity index is 309. The van der Waals surface area contributed by atoms with Crippen LogP contribution in [0, 0.1) is 0 Å². The second kappa shape index (κ2) is 7.12. The van der Waals surface area contributed by atoms with Gasteiger partial charge in [0.05, 0.1) is 18.5 Å². The number of aromatic nitrogens is 1. The van der Waals surface area contributed by atoms with E-state index in [2.05, 4.69) is 23.7 Å². The highest BCUT2D eigenvalue weighted by atomic mass is 16.5. The molecule has 0 radical (unpaired) electrons. The van der Waals surface area contributed by atoms with E-state index in [1.807, 2.05) is 12.1 Å². The van der Waals surface area contributed by atoms with Crippen LogP contribution in [0.2, 0.25) is 0 Å². The molecular formula is C13H23N3O. The number of nitrogens with zero attached hydrogens (tertiary/aromatic N) is 2. The number of anilines is 2. The van der Waals surface area contributed by atoms with Gasteiger partial charge in [0, 0.05) is 19.7 Å². The Hall–Kier alpha value is -1.29. The van der Waals surface area contributed by atoms with Gasteiger partial charge in [-0.1, -0.05) is 13.8 Å². The summed E-state index contributed by atoms with van der Waals surface area (Å²) in [7, 11) is 1.72. The molecule has 0 unspecified atom stereocenters. The van der Waals surface area contributed by atoms with Crippen molar-refractivity contribution in [3.63, 3.8) is 0 Å². The molecule has 1 aromatic rings. The molecule has 1 rings (SSSR count). The molecule has 4 heteroatoms. The summed E-state index contributed by atoms with van der Waals surface area (Å²) in [6.07, 6.45) is 3.91. The molecule has 0 saturated carbocycles. The van der Waals surface area contributed by atoms with Crippen LogP contribution in [0.3, 0.4) is 0 Å². The maximum atomic E-state index is 5.66. The first-order valence-corrected chi connectivity index (χ1v) is 6.20. The molecule has 96 valence electrons. The van der Waals surface area contributed by atoms with E-state index in [4.69, 9.17) is 10.5 Å². The first kappa shape index (κ1) is 13.8. The minimum atomic E-state index is 0.501. The molecule has 0 aliphatic rings. The molecular weight excluding hydrogens is 214 g/mol. The molecule has 4 nitrogen and oxygen atoms in total.